The molecule has 0 aliphatic carbocycles. The number of halogens is 1. The molecule has 0 saturated heterocycles. The summed E-state index contributed by atoms with van der Waals surface area (Å²) in [6, 6.07) is 8.44. The first-order valence-electron chi connectivity index (χ1n) is 7.58. The second-order valence-corrected chi connectivity index (χ2v) is 6.58. The van der Waals surface area contributed by atoms with Crippen LogP contribution >= 0.6 is 11.3 Å². The highest BCUT2D eigenvalue weighted by atomic mass is 32.1. The average molecular weight is 344 g/mol. The van der Waals surface area contributed by atoms with Crippen LogP contribution in [-0.4, -0.2) is 22.4 Å². The zero-order valence-corrected chi connectivity index (χ0v) is 14.0. The smallest absolute Gasteiger partial charge is 0.222 e. The summed E-state index contributed by atoms with van der Waals surface area (Å²) in [5.74, 6) is 0.274. The number of hydrogen-bond acceptors (Lipinski definition) is 5. The maximum Gasteiger partial charge on any atom is 0.222 e. The molecule has 24 heavy (non-hydrogen) atoms. The van der Waals surface area contributed by atoms with Crippen LogP contribution in [0.5, 0.6) is 0 Å². The minimum absolute atomic E-state index is 0.141. The molecule has 0 atom stereocenters. The van der Waals surface area contributed by atoms with E-state index >= 15 is 0 Å². The molecule has 124 valence electrons. The van der Waals surface area contributed by atoms with Gasteiger partial charge in [-0.3, -0.25) is 4.79 Å². The number of aromatic nitrogens is 2. The van der Waals surface area contributed by atoms with Crippen molar-refractivity contribution in [1.29, 1.82) is 0 Å². The van der Waals surface area contributed by atoms with Crippen LogP contribution in [0, 0.1) is 12.7 Å². The third-order valence-corrected chi connectivity index (χ3v) is 4.49. The van der Waals surface area contributed by atoms with Gasteiger partial charge in [0.1, 0.15) is 22.8 Å². The summed E-state index contributed by atoms with van der Waals surface area (Å²) in [6.45, 7) is 2.66. The van der Waals surface area contributed by atoms with Crippen molar-refractivity contribution in [3.63, 3.8) is 0 Å². The number of nitrogens with zero attached hydrogens (tertiary/aromatic N) is 2. The Hall–Kier alpha value is -2.54. The highest BCUT2D eigenvalue weighted by Crippen LogP contribution is 2.27. The molecule has 0 spiro atoms. The van der Waals surface area contributed by atoms with E-state index in [1.165, 1.54) is 12.4 Å². The first-order chi connectivity index (χ1) is 11.6. The Bertz CT molecular complexity index is 865. The van der Waals surface area contributed by atoms with Crippen molar-refractivity contribution in [2.75, 3.05) is 11.9 Å². The average Bonchev–Trinajstić information content (AvgIpc) is 2.95. The van der Waals surface area contributed by atoms with Crippen LogP contribution in [0.3, 0.4) is 0 Å². The minimum Gasteiger partial charge on any atom is -0.369 e. The maximum atomic E-state index is 13.5. The molecular formula is C17H17FN4OS. The maximum absolute atomic E-state index is 13.5. The Morgan fingerprint density at radius 2 is 2.12 bits per heavy atom. The second-order valence-electron chi connectivity index (χ2n) is 5.34. The van der Waals surface area contributed by atoms with Crippen LogP contribution in [0.25, 0.3) is 10.2 Å². The fourth-order valence-corrected chi connectivity index (χ4v) is 3.18. The van der Waals surface area contributed by atoms with Gasteiger partial charge in [0.15, 0.2) is 0 Å². The number of amides is 1. The number of rotatable bonds is 6. The molecule has 0 aliphatic heterocycles. The summed E-state index contributed by atoms with van der Waals surface area (Å²) in [7, 11) is 0. The predicted molar refractivity (Wildman–Crippen MR) is 93.5 cm³/mol. The lowest BCUT2D eigenvalue weighted by Crippen LogP contribution is -2.25. The van der Waals surface area contributed by atoms with Crippen molar-refractivity contribution in [2.45, 2.75) is 19.9 Å². The summed E-state index contributed by atoms with van der Waals surface area (Å²) in [5.41, 5.74) is 0.477. The van der Waals surface area contributed by atoms with Gasteiger partial charge in [0.25, 0.3) is 0 Å². The van der Waals surface area contributed by atoms with Gasteiger partial charge in [0, 0.05) is 30.0 Å². The van der Waals surface area contributed by atoms with Gasteiger partial charge in [-0.05, 0) is 19.1 Å². The highest BCUT2D eigenvalue weighted by molar-refractivity contribution is 7.18. The van der Waals surface area contributed by atoms with Crippen LogP contribution in [0.4, 0.5) is 10.2 Å². The first kappa shape index (κ1) is 16.3. The number of nitrogens with one attached hydrogen (secondary N) is 2. The number of anilines is 1. The normalized spacial score (nSPS) is 10.8. The molecule has 0 aliphatic rings. The van der Waals surface area contributed by atoms with Crippen molar-refractivity contribution in [1.82, 2.24) is 15.3 Å². The third kappa shape index (κ3) is 3.86. The lowest BCUT2D eigenvalue weighted by atomic mass is 10.2. The molecule has 1 amide bonds. The number of fused-ring (bicyclic) bond motifs is 1. The largest absolute Gasteiger partial charge is 0.369 e. The van der Waals surface area contributed by atoms with Gasteiger partial charge < -0.3 is 10.6 Å². The fourth-order valence-electron chi connectivity index (χ4n) is 2.34. The van der Waals surface area contributed by atoms with Gasteiger partial charge in [-0.1, -0.05) is 18.2 Å². The van der Waals surface area contributed by atoms with E-state index < -0.39 is 0 Å². The number of hydrogen-bond donors (Lipinski definition) is 2. The summed E-state index contributed by atoms with van der Waals surface area (Å²) in [4.78, 5) is 22.4. The molecule has 0 saturated carbocycles. The van der Waals surface area contributed by atoms with E-state index in [1.807, 2.05) is 13.0 Å². The Labute approximate surface area is 143 Å². The Kier molecular flexibility index (Phi) is 5.00. The molecule has 2 aromatic heterocycles. The van der Waals surface area contributed by atoms with Gasteiger partial charge in [-0.25, -0.2) is 14.4 Å². The SMILES string of the molecule is Cc1cc2c(NCCC(=O)NCc3ccccc3F)ncnc2s1. The van der Waals surface area contributed by atoms with E-state index in [4.69, 9.17) is 0 Å². The monoisotopic (exact) mass is 344 g/mol. The van der Waals surface area contributed by atoms with Gasteiger partial charge in [0.05, 0.1) is 5.39 Å². The molecule has 5 nitrogen and oxygen atoms in total. The predicted octanol–water partition coefficient (Wildman–Crippen LogP) is 3.26. The lowest BCUT2D eigenvalue weighted by Gasteiger charge is -2.08. The standard InChI is InChI=1S/C17H17FN4OS/c1-11-8-13-16(21-10-22-17(13)24-11)19-7-6-15(23)20-9-12-4-2-3-5-14(12)18/h2-5,8,10H,6-7,9H2,1H3,(H,20,23)(H,19,21,22). The van der Waals surface area contributed by atoms with E-state index in [0.717, 1.165) is 20.9 Å². The quantitative estimate of drug-likeness (QED) is 0.720. The van der Waals surface area contributed by atoms with Gasteiger partial charge in [0.2, 0.25) is 5.91 Å². The van der Waals surface area contributed by atoms with Gasteiger partial charge in [-0.15, -0.1) is 11.3 Å². The Morgan fingerprint density at radius 3 is 2.96 bits per heavy atom. The number of aryl methyl sites for hydroxylation is 1. The summed E-state index contributed by atoms with van der Waals surface area (Å²) < 4.78 is 13.5. The molecule has 0 unspecified atom stereocenters. The lowest BCUT2D eigenvalue weighted by molar-refractivity contribution is -0.121. The van der Waals surface area contributed by atoms with Crippen molar-refractivity contribution < 1.29 is 9.18 Å². The molecule has 2 N–H and O–H groups in total. The van der Waals surface area contributed by atoms with Crippen LogP contribution in [-0.2, 0) is 11.3 Å². The molecule has 0 bridgehead atoms. The molecule has 1 aromatic carbocycles. The van der Waals surface area contributed by atoms with Crippen LogP contribution < -0.4 is 10.6 Å². The second kappa shape index (κ2) is 7.35. The molecule has 0 radical (unpaired) electrons. The molecule has 3 rings (SSSR count). The van der Waals surface area contributed by atoms with E-state index in [2.05, 4.69) is 20.6 Å². The summed E-state index contributed by atoms with van der Waals surface area (Å²) >= 11 is 1.61. The van der Waals surface area contributed by atoms with Crippen molar-refractivity contribution >= 4 is 33.3 Å². The first-order valence-corrected chi connectivity index (χ1v) is 8.40. The van der Waals surface area contributed by atoms with Crippen LogP contribution in [0.15, 0.2) is 36.7 Å². The number of thiophene rings is 1. The number of carbonyl (C=O) groups is 1. The zero-order valence-electron chi connectivity index (χ0n) is 13.2. The molecule has 7 heteroatoms. The van der Waals surface area contributed by atoms with Crippen molar-refractivity contribution in [3.8, 4) is 0 Å². The van der Waals surface area contributed by atoms with E-state index in [1.54, 1.807) is 29.5 Å². The van der Waals surface area contributed by atoms with E-state index in [-0.39, 0.29) is 24.7 Å². The molecule has 3 aromatic rings. The zero-order chi connectivity index (χ0) is 16.9. The van der Waals surface area contributed by atoms with E-state index in [9.17, 15) is 9.18 Å². The third-order valence-electron chi connectivity index (χ3n) is 3.53. The fraction of sp³-hybridized carbons (Fsp3) is 0.235. The summed E-state index contributed by atoms with van der Waals surface area (Å²) in [6.07, 6.45) is 1.79. The molecule has 0 fully saturated rings. The van der Waals surface area contributed by atoms with Crippen molar-refractivity contribution in [2.24, 2.45) is 0 Å². The van der Waals surface area contributed by atoms with Crippen molar-refractivity contribution in [3.05, 3.63) is 52.9 Å². The highest BCUT2D eigenvalue weighted by Gasteiger charge is 2.08. The summed E-state index contributed by atoms with van der Waals surface area (Å²) in [5, 5.41) is 6.84. The number of carbonyl (C=O) groups excluding carboxylic acids is 1. The molecule has 2 heterocycles. The Morgan fingerprint density at radius 1 is 1.29 bits per heavy atom. The Balaban J connectivity index is 1.50. The van der Waals surface area contributed by atoms with Crippen LogP contribution in [0.2, 0.25) is 0 Å². The minimum atomic E-state index is -0.313. The van der Waals surface area contributed by atoms with Gasteiger partial charge >= 0.3 is 0 Å². The topological polar surface area (TPSA) is 66.9 Å². The van der Waals surface area contributed by atoms with E-state index in [0.29, 0.717) is 12.1 Å². The van der Waals surface area contributed by atoms with Gasteiger partial charge in [-0.2, -0.15) is 0 Å². The molecular weight excluding hydrogens is 327 g/mol. The van der Waals surface area contributed by atoms with Crippen LogP contribution in [0.1, 0.15) is 16.9 Å². The number of benzene rings is 1.